The van der Waals surface area contributed by atoms with Gasteiger partial charge in [-0.1, -0.05) is 11.6 Å². The molecular weight excluding hydrogens is 249 g/mol. The highest BCUT2D eigenvalue weighted by atomic mass is 35.5. The average Bonchev–Trinajstić information content (AvgIpc) is 2.22. The van der Waals surface area contributed by atoms with Crippen molar-refractivity contribution >= 4 is 24.0 Å². The highest BCUT2D eigenvalue weighted by Crippen LogP contribution is 2.22. The van der Waals surface area contributed by atoms with Crippen molar-refractivity contribution in [3.63, 3.8) is 0 Å². The molecule has 0 bridgehead atoms. The van der Waals surface area contributed by atoms with Crippen LogP contribution in [0.1, 0.15) is 12.5 Å². The third-order valence-corrected chi connectivity index (χ3v) is 2.16. The number of hydrogen-bond acceptors (Lipinski definition) is 3. The van der Waals surface area contributed by atoms with E-state index in [4.69, 9.17) is 21.4 Å². The second-order valence-electron chi connectivity index (χ2n) is 3.09. The number of aliphatic hydroxyl groups excluding tert-OH is 1. The number of aliphatic hydroxyl groups is 1. The molecule has 1 aromatic rings. The van der Waals surface area contributed by atoms with Gasteiger partial charge in [-0.3, -0.25) is 0 Å². The lowest BCUT2D eigenvalue weighted by molar-refractivity contribution is 0.290. The van der Waals surface area contributed by atoms with Gasteiger partial charge in [0.15, 0.2) is 0 Å². The van der Waals surface area contributed by atoms with Gasteiger partial charge in [-0.25, -0.2) is 0 Å². The summed E-state index contributed by atoms with van der Waals surface area (Å²) < 4.78 is 5.46. The summed E-state index contributed by atoms with van der Waals surface area (Å²) in [6, 6.07) is 5.54. The van der Waals surface area contributed by atoms with Gasteiger partial charge in [0.2, 0.25) is 0 Å². The summed E-state index contributed by atoms with van der Waals surface area (Å²) in [6.45, 7) is 3.92. The normalized spacial score (nSPS) is 9.69. The molecule has 0 fully saturated rings. The summed E-state index contributed by atoms with van der Waals surface area (Å²) in [6.07, 6.45) is 0. The van der Waals surface area contributed by atoms with Crippen molar-refractivity contribution in [1.29, 1.82) is 0 Å². The molecule has 92 valence electrons. The molecule has 2 N–H and O–H groups in total. The fourth-order valence-corrected chi connectivity index (χ4v) is 1.48. The quantitative estimate of drug-likeness (QED) is 0.776. The summed E-state index contributed by atoms with van der Waals surface area (Å²) >= 11 is 5.90. The number of nitrogens with one attached hydrogen (secondary N) is 1. The van der Waals surface area contributed by atoms with Gasteiger partial charge in [-0.05, 0) is 25.1 Å². The number of hydrogen-bond donors (Lipinski definition) is 2. The van der Waals surface area contributed by atoms with Gasteiger partial charge in [0, 0.05) is 23.7 Å². The van der Waals surface area contributed by atoms with E-state index >= 15 is 0 Å². The number of ether oxygens (including phenoxy) is 1. The molecular formula is C11H17Cl2NO2. The van der Waals surface area contributed by atoms with E-state index in [1.54, 1.807) is 0 Å². The highest BCUT2D eigenvalue weighted by molar-refractivity contribution is 6.30. The maximum atomic E-state index is 8.65. The van der Waals surface area contributed by atoms with E-state index in [2.05, 4.69) is 5.32 Å². The van der Waals surface area contributed by atoms with Crippen molar-refractivity contribution in [2.45, 2.75) is 13.5 Å². The third-order valence-electron chi connectivity index (χ3n) is 1.93. The molecule has 16 heavy (non-hydrogen) atoms. The minimum Gasteiger partial charge on any atom is -0.494 e. The van der Waals surface area contributed by atoms with Crippen molar-refractivity contribution < 1.29 is 9.84 Å². The van der Waals surface area contributed by atoms with Gasteiger partial charge < -0.3 is 15.2 Å². The predicted molar refractivity (Wildman–Crippen MR) is 68.7 cm³/mol. The minimum absolute atomic E-state index is 0. The Morgan fingerprint density at radius 1 is 1.44 bits per heavy atom. The van der Waals surface area contributed by atoms with Gasteiger partial charge in [0.25, 0.3) is 0 Å². The first-order valence-corrected chi connectivity index (χ1v) is 5.38. The van der Waals surface area contributed by atoms with E-state index in [1.165, 1.54) is 0 Å². The third kappa shape index (κ3) is 5.03. The lowest BCUT2D eigenvalue weighted by Crippen LogP contribution is -2.18. The minimum atomic E-state index is 0. The Kier molecular flexibility index (Phi) is 8.39. The molecule has 0 aliphatic rings. The van der Waals surface area contributed by atoms with Gasteiger partial charge >= 0.3 is 0 Å². The molecule has 0 atom stereocenters. The van der Waals surface area contributed by atoms with Crippen LogP contribution in [0.15, 0.2) is 18.2 Å². The molecule has 0 spiro atoms. The van der Waals surface area contributed by atoms with Crippen LogP contribution in [-0.2, 0) is 6.54 Å². The molecule has 0 aliphatic heterocycles. The van der Waals surface area contributed by atoms with Gasteiger partial charge in [0.05, 0.1) is 13.2 Å². The van der Waals surface area contributed by atoms with Crippen molar-refractivity contribution in [2.75, 3.05) is 19.8 Å². The van der Waals surface area contributed by atoms with Gasteiger partial charge in [0.1, 0.15) is 5.75 Å². The van der Waals surface area contributed by atoms with Crippen LogP contribution in [0.4, 0.5) is 0 Å². The SMILES string of the molecule is CCOc1ccc(Cl)cc1CNCCO.Cl. The zero-order valence-corrected chi connectivity index (χ0v) is 10.8. The van der Waals surface area contributed by atoms with Crippen molar-refractivity contribution in [2.24, 2.45) is 0 Å². The largest absolute Gasteiger partial charge is 0.494 e. The van der Waals surface area contributed by atoms with E-state index < -0.39 is 0 Å². The molecule has 0 heterocycles. The fraction of sp³-hybridized carbons (Fsp3) is 0.455. The molecule has 5 heteroatoms. The van der Waals surface area contributed by atoms with E-state index in [0.717, 1.165) is 11.3 Å². The van der Waals surface area contributed by atoms with Crippen LogP contribution < -0.4 is 10.1 Å². The maximum absolute atomic E-state index is 8.65. The number of halogens is 2. The lowest BCUT2D eigenvalue weighted by atomic mass is 10.2. The molecule has 0 saturated heterocycles. The van der Waals surface area contributed by atoms with Crippen LogP contribution in [0, 0.1) is 0 Å². The molecule has 0 radical (unpaired) electrons. The Morgan fingerprint density at radius 2 is 2.19 bits per heavy atom. The Labute approximate surface area is 107 Å². The van der Waals surface area contributed by atoms with Gasteiger partial charge in [-0.2, -0.15) is 0 Å². The fourth-order valence-electron chi connectivity index (χ4n) is 1.28. The maximum Gasteiger partial charge on any atom is 0.123 e. The van der Waals surface area contributed by atoms with Gasteiger partial charge in [-0.15, -0.1) is 12.4 Å². The first kappa shape index (κ1) is 15.5. The van der Waals surface area contributed by atoms with Crippen molar-refractivity contribution in [3.8, 4) is 5.75 Å². The smallest absolute Gasteiger partial charge is 0.123 e. The summed E-state index contributed by atoms with van der Waals surface area (Å²) in [5.74, 6) is 0.840. The van der Waals surface area contributed by atoms with E-state index in [1.807, 2.05) is 25.1 Å². The summed E-state index contributed by atoms with van der Waals surface area (Å²) in [5.41, 5.74) is 1.01. The molecule has 0 amide bonds. The van der Waals surface area contributed by atoms with E-state index in [0.29, 0.717) is 24.7 Å². The number of benzene rings is 1. The van der Waals surface area contributed by atoms with Crippen LogP contribution in [0.2, 0.25) is 5.02 Å². The average molecular weight is 266 g/mol. The zero-order valence-electron chi connectivity index (χ0n) is 9.20. The monoisotopic (exact) mass is 265 g/mol. The first-order chi connectivity index (χ1) is 7.27. The molecule has 1 aromatic carbocycles. The Hall–Kier alpha value is -0.480. The molecule has 0 aromatic heterocycles. The summed E-state index contributed by atoms with van der Waals surface area (Å²) in [5, 5.41) is 12.4. The molecule has 0 aliphatic carbocycles. The zero-order chi connectivity index (χ0) is 11.1. The Balaban J connectivity index is 0.00000225. The summed E-state index contributed by atoms with van der Waals surface area (Å²) in [4.78, 5) is 0. The lowest BCUT2D eigenvalue weighted by Gasteiger charge is -2.10. The van der Waals surface area contributed by atoms with Crippen LogP contribution in [0.25, 0.3) is 0 Å². The standard InChI is InChI=1S/C11H16ClNO2.ClH/c1-2-15-11-4-3-10(12)7-9(11)8-13-5-6-14;/h3-4,7,13-14H,2,5-6,8H2,1H3;1H. The van der Waals surface area contributed by atoms with Crippen molar-refractivity contribution in [1.82, 2.24) is 5.32 Å². The van der Waals surface area contributed by atoms with Crippen LogP contribution in [0.5, 0.6) is 5.75 Å². The molecule has 3 nitrogen and oxygen atoms in total. The second kappa shape index (κ2) is 8.65. The van der Waals surface area contributed by atoms with Crippen LogP contribution >= 0.6 is 24.0 Å². The Morgan fingerprint density at radius 3 is 2.81 bits per heavy atom. The van der Waals surface area contributed by atoms with Crippen molar-refractivity contribution in [3.05, 3.63) is 28.8 Å². The second-order valence-corrected chi connectivity index (χ2v) is 3.52. The summed E-state index contributed by atoms with van der Waals surface area (Å²) in [7, 11) is 0. The highest BCUT2D eigenvalue weighted by Gasteiger charge is 2.03. The molecule has 1 rings (SSSR count). The van der Waals surface area contributed by atoms with E-state index in [9.17, 15) is 0 Å². The topological polar surface area (TPSA) is 41.5 Å². The van der Waals surface area contributed by atoms with E-state index in [-0.39, 0.29) is 19.0 Å². The molecule has 0 unspecified atom stereocenters. The number of rotatable bonds is 6. The van der Waals surface area contributed by atoms with Crippen LogP contribution in [0.3, 0.4) is 0 Å². The first-order valence-electron chi connectivity index (χ1n) is 5.00. The predicted octanol–water partition coefficient (Wildman–Crippen LogP) is 2.24. The molecule has 0 saturated carbocycles. The Bertz CT molecular complexity index is 308. The van der Waals surface area contributed by atoms with Crippen LogP contribution in [-0.4, -0.2) is 24.9 Å².